The molecule has 1 fully saturated rings. The number of carboxylic acid groups (broad SMARTS) is 1. The maximum absolute atomic E-state index is 12.6. The average Bonchev–Trinajstić information content (AvgIpc) is 2.78. The molecule has 0 radical (unpaired) electrons. The SMILES string of the molecule is CN1C=C(C(=O)O)C2NC(=O)N(c3ccc(Cl)cc3)C(=O)C21. The number of hydrogen-bond donors (Lipinski definition) is 2. The van der Waals surface area contributed by atoms with Gasteiger partial charge in [-0.15, -0.1) is 0 Å². The zero-order valence-corrected chi connectivity index (χ0v) is 12.2. The van der Waals surface area contributed by atoms with Gasteiger partial charge >= 0.3 is 12.0 Å². The summed E-state index contributed by atoms with van der Waals surface area (Å²) in [6.45, 7) is 0. The summed E-state index contributed by atoms with van der Waals surface area (Å²) >= 11 is 5.80. The summed E-state index contributed by atoms with van der Waals surface area (Å²) in [6, 6.07) is 3.97. The fraction of sp³-hybridized carbons (Fsp3) is 0.214. The lowest BCUT2D eigenvalue weighted by molar-refractivity contribution is -0.133. The van der Waals surface area contributed by atoms with E-state index in [-0.39, 0.29) is 5.57 Å². The molecule has 1 aromatic rings. The predicted molar refractivity (Wildman–Crippen MR) is 78.5 cm³/mol. The van der Waals surface area contributed by atoms with Crippen LogP contribution in [0.5, 0.6) is 0 Å². The lowest BCUT2D eigenvalue weighted by atomic mass is 10.00. The number of benzene rings is 1. The minimum atomic E-state index is -1.16. The third-order valence-corrected chi connectivity index (χ3v) is 3.97. The molecule has 0 spiro atoms. The van der Waals surface area contributed by atoms with Gasteiger partial charge in [-0.3, -0.25) is 4.79 Å². The van der Waals surface area contributed by atoms with Crippen molar-refractivity contribution in [3.8, 4) is 0 Å². The van der Waals surface area contributed by atoms with Crippen LogP contribution in [0.25, 0.3) is 0 Å². The van der Waals surface area contributed by atoms with Gasteiger partial charge in [0.2, 0.25) is 0 Å². The zero-order valence-electron chi connectivity index (χ0n) is 11.5. The van der Waals surface area contributed by atoms with Gasteiger partial charge in [-0.2, -0.15) is 0 Å². The Hall–Kier alpha value is -2.54. The highest BCUT2D eigenvalue weighted by Crippen LogP contribution is 2.29. The second-order valence-corrected chi connectivity index (χ2v) is 5.51. The van der Waals surface area contributed by atoms with Crippen LogP contribution in [0.4, 0.5) is 10.5 Å². The molecule has 22 heavy (non-hydrogen) atoms. The normalized spacial score (nSPS) is 24.0. The van der Waals surface area contributed by atoms with Crippen molar-refractivity contribution in [3.63, 3.8) is 0 Å². The number of aliphatic carboxylic acids is 1. The Morgan fingerprint density at radius 2 is 1.91 bits per heavy atom. The van der Waals surface area contributed by atoms with Crippen LogP contribution < -0.4 is 10.2 Å². The molecule has 0 saturated carbocycles. The molecule has 2 atom stereocenters. The van der Waals surface area contributed by atoms with Crippen molar-refractivity contribution < 1.29 is 19.5 Å². The van der Waals surface area contributed by atoms with Crippen LogP contribution in [0.15, 0.2) is 36.0 Å². The van der Waals surface area contributed by atoms with Crippen molar-refractivity contribution >= 4 is 35.2 Å². The van der Waals surface area contributed by atoms with E-state index in [4.69, 9.17) is 11.6 Å². The molecule has 2 N–H and O–H groups in total. The van der Waals surface area contributed by atoms with Crippen LogP contribution in [0.2, 0.25) is 5.02 Å². The summed E-state index contributed by atoms with van der Waals surface area (Å²) in [5.41, 5.74) is 0.368. The minimum Gasteiger partial charge on any atom is -0.478 e. The maximum Gasteiger partial charge on any atom is 0.335 e. The van der Waals surface area contributed by atoms with Crippen molar-refractivity contribution in [2.75, 3.05) is 11.9 Å². The Balaban J connectivity index is 1.96. The molecule has 0 aliphatic carbocycles. The second kappa shape index (κ2) is 5.03. The fourth-order valence-corrected chi connectivity index (χ4v) is 2.84. The maximum atomic E-state index is 12.6. The van der Waals surface area contributed by atoms with Gasteiger partial charge in [0, 0.05) is 18.3 Å². The first-order valence-corrected chi connectivity index (χ1v) is 6.85. The van der Waals surface area contributed by atoms with Crippen molar-refractivity contribution in [3.05, 3.63) is 41.1 Å². The topological polar surface area (TPSA) is 90.0 Å². The molecular weight excluding hydrogens is 310 g/mol. The number of urea groups is 1. The van der Waals surface area contributed by atoms with Gasteiger partial charge in [-0.05, 0) is 24.3 Å². The Kier molecular flexibility index (Phi) is 3.29. The summed E-state index contributed by atoms with van der Waals surface area (Å²) in [7, 11) is 1.60. The molecule has 2 aliphatic rings. The number of imide groups is 1. The number of fused-ring (bicyclic) bond motifs is 1. The van der Waals surface area contributed by atoms with Gasteiger partial charge in [-0.1, -0.05) is 11.6 Å². The lowest BCUT2D eigenvalue weighted by Gasteiger charge is -2.36. The van der Waals surface area contributed by atoms with Crippen LogP contribution in [-0.2, 0) is 9.59 Å². The molecule has 3 amide bonds. The number of rotatable bonds is 2. The van der Waals surface area contributed by atoms with Gasteiger partial charge in [-0.25, -0.2) is 14.5 Å². The molecule has 2 heterocycles. The summed E-state index contributed by atoms with van der Waals surface area (Å²) in [5.74, 6) is -1.64. The second-order valence-electron chi connectivity index (χ2n) is 5.08. The molecule has 0 bridgehead atoms. The Bertz CT molecular complexity index is 701. The number of halogens is 1. The summed E-state index contributed by atoms with van der Waals surface area (Å²) < 4.78 is 0. The number of carboxylic acids is 1. The third-order valence-electron chi connectivity index (χ3n) is 3.72. The lowest BCUT2D eigenvalue weighted by Crippen LogP contribution is -2.65. The van der Waals surface area contributed by atoms with E-state index < -0.39 is 30.0 Å². The summed E-state index contributed by atoms with van der Waals surface area (Å²) in [4.78, 5) is 38.6. The molecule has 2 aliphatic heterocycles. The molecule has 2 unspecified atom stereocenters. The standard InChI is InChI=1S/C14H12ClN3O4/c1-17-6-9(13(20)21)10-11(17)12(19)18(14(22)16-10)8-4-2-7(15)3-5-8/h2-6,10-11H,1H3,(H,16,22)(H,20,21). The molecule has 7 nitrogen and oxygen atoms in total. The van der Waals surface area contributed by atoms with E-state index in [1.165, 1.54) is 11.1 Å². The highest BCUT2D eigenvalue weighted by molar-refractivity contribution is 6.30. The summed E-state index contributed by atoms with van der Waals surface area (Å²) in [6.07, 6.45) is 1.36. The van der Waals surface area contributed by atoms with E-state index in [0.717, 1.165) is 4.90 Å². The van der Waals surface area contributed by atoms with E-state index >= 15 is 0 Å². The van der Waals surface area contributed by atoms with Crippen LogP contribution in [0.3, 0.4) is 0 Å². The fourth-order valence-electron chi connectivity index (χ4n) is 2.71. The predicted octanol–water partition coefficient (Wildman–Crippen LogP) is 1.05. The number of carbonyl (C=O) groups is 3. The van der Waals surface area contributed by atoms with Crippen molar-refractivity contribution in [2.45, 2.75) is 12.1 Å². The van der Waals surface area contributed by atoms with Gasteiger partial charge in [0.1, 0.15) is 6.04 Å². The third kappa shape index (κ3) is 2.10. The molecule has 1 aromatic carbocycles. The van der Waals surface area contributed by atoms with E-state index in [1.54, 1.807) is 31.3 Å². The first-order valence-electron chi connectivity index (χ1n) is 6.47. The molecule has 3 rings (SSSR count). The number of hydrogen-bond acceptors (Lipinski definition) is 4. The van der Waals surface area contributed by atoms with E-state index in [1.807, 2.05) is 0 Å². The quantitative estimate of drug-likeness (QED) is 0.849. The Morgan fingerprint density at radius 3 is 2.50 bits per heavy atom. The largest absolute Gasteiger partial charge is 0.478 e. The number of nitrogens with one attached hydrogen (secondary N) is 1. The first kappa shape index (κ1) is 14.4. The molecule has 8 heteroatoms. The van der Waals surface area contributed by atoms with E-state index in [0.29, 0.717) is 10.7 Å². The zero-order chi connectivity index (χ0) is 16.0. The van der Waals surface area contributed by atoms with Gasteiger partial charge in [0.15, 0.2) is 0 Å². The smallest absolute Gasteiger partial charge is 0.335 e. The summed E-state index contributed by atoms with van der Waals surface area (Å²) in [5, 5.41) is 12.2. The van der Waals surface area contributed by atoms with E-state index in [9.17, 15) is 19.5 Å². The van der Waals surface area contributed by atoms with Crippen molar-refractivity contribution in [2.24, 2.45) is 0 Å². The van der Waals surface area contributed by atoms with Crippen LogP contribution in [0.1, 0.15) is 0 Å². The van der Waals surface area contributed by atoms with Crippen LogP contribution in [-0.4, -0.2) is 47.0 Å². The minimum absolute atomic E-state index is 0.00930. The van der Waals surface area contributed by atoms with E-state index in [2.05, 4.69) is 5.32 Å². The average molecular weight is 322 g/mol. The number of likely N-dealkylation sites (N-methyl/N-ethyl adjacent to an activating group) is 1. The Morgan fingerprint density at radius 1 is 1.27 bits per heavy atom. The highest BCUT2D eigenvalue weighted by Gasteiger charge is 2.49. The van der Waals surface area contributed by atoms with Crippen molar-refractivity contribution in [1.29, 1.82) is 0 Å². The first-order chi connectivity index (χ1) is 10.4. The van der Waals surface area contributed by atoms with Crippen LogP contribution in [0, 0.1) is 0 Å². The van der Waals surface area contributed by atoms with Gasteiger partial charge < -0.3 is 15.3 Å². The number of amides is 3. The Labute approximate surface area is 130 Å². The molecule has 1 saturated heterocycles. The molecule has 0 aromatic heterocycles. The number of carbonyl (C=O) groups excluding carboxylic acids is 2. The monoisotopic (exact) mass is 321 g/mol. The number of anilines is 1. The number of nitrogens with zero attached hydrogens (tertiary/aromatic N) is 2. The van der Waals surface area contributed by atoms with Gasteiger partial charge in [0.25, 0.3) is 5.91 Å². The highest BCUT2D eigenvalue weighted by atomic mass is 35.5. The molecule has 114 valence electrons. The molecular formula is C14H12ClN3O4. The van der Waals surface area contributed by atoms with Crippen molar-refractivity contribution in [1.82, 2.24) is 10.2 Å². The van der Waals surface area contributed by atoms with Gasteiger partial charge in [0.05, 0.1) is 17.3 Å². The van der Waals surface area contributed by atoms with Crippen LogP contribution >= 0.6 is 11.6 Å².